The highest BCUT2D eigenvalue weighted by molar-refractivity contribution is 6.30. The minimum absolute atomic E-state index is 0.445. The number of hydrogen-bond donors (Lipinski definition) is 1. The maximum atomic E-state index is 6.02. The van der Waals surface area contributed by atoms with Gasteiger partial charge < -0.3 is 5.73 Å². The number of benzene rings is 1. The van der Waals surface area contributed by atoms with Crippen molar-refractivity contribution in [2.75, 3.05) is 5.73 Å². The smallest absolute Gasteiger partial charge is 0.150 e. The Morgan fingerprint density at radius 2 is 2.19 bits per heavy atom. The lowest BCUT2D eigenvalue weighted by Gasteiger charge is -2.01. The van der Waals surface area contributed by atoms with Crippen LogP contribution in [-0.4, -0.2) is 15.0 Å². The normalized spacial score (nSPS) is 15.3. The van der Waals surface area contributed by atoms with E-state index in [1.807, 2.05) is 24.3 Å². The van der Waals surface area contributed by atoms with Gasteiger partial charge in [-0.2, -0.15) is 0 Å². The van der Waals surface area contributed by atoms with Crippen molar-refractivity contribution in [1.82, 2.24) is 15.0 Å². The van der Waals surface area contributed by atoms with E-state index in [0.29, 0.717) is 16.9 Å². The molecule has 0 aliphatic heterocycles. The van der Waals surface area contributed by atoms with Crippen LogP contribution >= 0.6 is 11.6 Å². The first-order valence-corrected chi connectivity index (χ1v) is 5.60. The van der Waals surface area contributed by atoms with Gasteiger partial charge in [0.05, 0.1) is 6.04 Å². The van der Waals surface area contributed by atoms with Gasteiger partial charge in [-0.15, -0.1) is 5.10 Å². The van der Waals surface area contributed by atoms with Gasteiger partial charge in [0.15, 0.2) is 5.82 Å². The number of hydrogen-bond acceptors (Lipinski definition) is 3. The summed E-state index contributed by atoms with van der Waals surface area (Å²) in [4.78, 5) is 0. The van der Waals surface area contributed by atoms with Crippen molar-refractivity contribution < 1.29 is 0 Å². The molecule has 4 nitrogen and oxygen atoms in total. The zero-order valence-electron chi connectivity index (χ0n) is 8.60. The van der Waals surface area contributed by atoms with Crippen molar-refractivity contribution in [3.8, 4) is 11.3 Å². The maximum absolute atomic E-state index is 6.02. The molecule has 82 valence electrons. The summed E-state index contributed by atoms with van der Waals surface area (Å²) in [6.07, 6.45) is 2.28. The Hall–Kier alpha value is -1.55. The van der Waals surface area contributed by atoms with Crippen LogP contribution in [0.4, 0.5) is 5.82 Å². The SMILES string of the molecule is Nc1c(-c2cccc(Cl)c2)nnn1C1CC1. The molecule has 1 aromatic carbocycles. The third-order valence-electron chi connectivity index (χ3n) is 2.72. The van der Waals surface area contributed by atoms with E-state index in [0.717, 1.165) is 24.1 Å². The average molecular weight is 235 g/mol. The van der Waals surface area contributed by atoms with E-state index >= 15 is 0 Å². The van der Waals surface area contributed by atoms with Gasteiger partial charge in [-0.25, -0.2) is 4.68 Å². The molecule has 1 aliphatic rings. The molecule has 0 atom stereocenters. The molecule has 1 heterocycles. The Kier molecular flexibility index (Phi) is 2.11. The van der Waals surface area contributed by atoms with Crippen LogP contribution in [0.2, 0.25) is 5.02 Å². The number of aromatic nitrogens is 3. The van der Waals surface area contributed by atoms with Crippen LogP contribution < -0.4 is 5.73 Å². The fourth-order valence-corrected chi connectivity index (χ4v) is 1.92. The number of rotatable bonds is 2. The molecule has 3 rings (SSSR count). The first-order valence-electron chi connectivity index (χ1n) is 5.22. The van der Waals surface area contributed by atoms with E-state index in [4.69, 9.17) is 17.3 Å². The van der Waals surface area contributed by atoms with Crippen molar-refractivity contribution in [3.63, 3.8) is 0 Å². The summed E-state index contributed by atoms with van der Waals surface area (Å²) in [5.41, 5.74) is 7.65. The van der Waals surface area contributed by atoms with Gasteiger partial charge in [0.2, 0.25) is 0 Å². The largest absolute Gasteiger partial charge is 0.382 e. The highest BCUT2D eigenvalue weighted by Crippen LogP contribution is 2.38. The Morgan fingerprint density at radius 3 is 2.88 bits per heavy atom. The number of nitrogen functional groups attached to an aromatic ring is 1. The minimum Gasteiger partial charge on any atom is -0.382 e. The van der Waals surface area contributed by atoms with E-state index in [-0.39, 0.29) is 0 Å². The molecule has 16 heavy (non-hydrogen) atoms. The van der Waals surface area contributed by atoms with Gasteiger partial charge in [-0.1, -0.05) is 28.9 Å². The fraction of sp³-hybridized carbons (Fsp3) is 0.273. The van der Waals surface area contributed by atoms with Crippen LogP contribution in [0.1, 0.15) is 18.9 Å². The summed E-state index contributed by atoms with van der Waals surface area (Å²) in [5.74, 6) is 0.629. The first-order chi connectivity index (χ1) is 7.75. The lowest BCUT2D eigenvalue weighted by molar-refractivity contribution is 0.619. The van der Waals surface area contributed by atoms with E-state index < -0.39 is 0 Å². The van der Waals surface area contributed by atoms with Crippen LogP contribution in [0, 0.1) is 0 Å². The summed E-state index contributed by atoms with van der Waals surface area (Å²) < 4.78 is 1.80. The van der Waals surface area contributed by atoms with Crippen LogP contribution in [0.5, 0.6) is 0 Å². The van der Waals surface area contributed by atoms with Gasteiger partial charge in [-0.3, -0.25) is 0 Å². The number of nitrogens with zero attached hydrogens (tertiary/aromatic N) is 3. The highest BCUT2D eigenvalue weighted by atomic mass is 35.5. The first kappa shape index (κ1) is 9.66. The van der Waals surface area contributed by atoms with Crippen LogP contribution in [-0.2, 0) is 0 Å². The molecule has 1 aromatic heterocycles. The van der Waals surface area contributed by atoms with Gasteiger partial charge >= 0.3 is 0 Å². The Labute approximate surface area is 98.0 Å². The van der Waals surface area contributed by atoms with Gasteiger partial charge in [0.25, 0.3) is 0 Å². The molecule has 1 saturated carbocycles. The standard InChI is InChI=1S/C11H11ClN4/c12-8-3-1-2-7(6-8)10-11(13)16(15-14-10)9-4-5-9/h1-3,6,9H,4-5,13H2. The van der Waals surface area contributed by atoms with Crippen LogP contribution in [0.15, 0.2) is 24.3 Å². The quantitative estimate of drug-likeness (QED) is 0.869. The van der Waals surface area contributed by atoms with Gasteiger partial charge in [0, 0.05) is 10.6 Å². The number of halogens is 1. The summed E-state index contributed by atoms with van der Waals surface area (Å²) in [6, 6.07) is 7.93. The van der Waals surface area contributed by atoms with Crippen molar-refractivity contribution in [3.05, 3.63) is 29.3 Å². The van der Waals surface area contributed by atoms with Crippen molar-refractivity contribution in [1.29, 1.82) is 0 Å². The third-order valence-corrected chi connectivity index (χ3v) is 2.96. The van der Waals surface area contributed by atoms with E-state index in [1.54, 1.807) is 4.68 Å². The topological polar surface area (TPSA) is 56.7 Å². The third kappa shape index (κ3) is 1.55. The van der Waals surface area contributed by atoms with E-state index in [2.05, 4.69) is 10.3 Å². The van der Waals surface area contributed by atoms with E-state index in [1.165, 1.54) is 0 Å². The van der Waals surface area contributed by atoms with Crippen molar-refractivity contribution in [2.24, 2.45) is 0 Å². The second kappa shape index (κ2) is 3.49. The molecular weight excluding hydrogens is 224 g/mol. The fourth-order valence-electron chi connectivity index (χ4n) is 1.73. The van der Waals surface area contributed by atoms with Gasteiger partial charge in [0.1, 0.15) is 5.69 Å². The highest BCUT2D eigenvalue weighted by Gasteiger charge is 2.28. The van der Waals surface area contributed by atoms with Crippen LogP contribution in [0.25, 0.3) is 11.3 Å². The van der Waals surface area contributed by atoms with E-state index in [9.17, 15) is 0 Å². The average Bonchev–Trinajstić information content (AvgIpc) is 3.03. The van der Waals surface area contributed by atoms with Gasteiger partial charge in [-0.05, 0) is 25.0 Å². The Morgan fingerprint density at radius 1 is 1.38 bits per heavy atom. The predicted octanol–water partition coefficient (Wildman–Crippen LogP) is 2.52. The molecule has 2 aromatic rings. The lowest BCUT2D eigenvalue weighted by Crippen LogP contribution is -2.02. The monoisotopic (exact) mass is 234 g/mol. The number of anilines is 1. The molecule has 5 heteroatoms. The zero-order valence-corrected chi connectivity index (χ0v) is 9.35. The molecule has 0 bridgehead atoms. The van der Waals surface area contributed by atoms with Crippen molar-refractivity contribution in [2.45, 2.75) is 18.9 Å². The zero-order chi connectivity index (χ0) is 11.1. The summed E-state index contributed by atoms with van der Waals surface area (Å²) in [6.45, 7) is 0. The minimum atomic E-state index is 0.445. The predicted molar refractivity (Wildman–Crippen MR) is 63.2 cm³/mol. The van der Waals surface area contributed by atoms with Crippen LogP contribution in [0.3, 0.4) is 0 Å². The second-order valence-electron chi connectivity index (χ2n) is 4.01. The maximum Gasteiger partial charge on any atom is 0.150 e. The Balaban J connectivity index is 2.06. The number of nitrogens with two attached hydrogens (primary N) is 1. The molecule has 0 radical (unpaired) electrons. The summed E-state index contributed by atoms with van der Waals surface area (Å²) >= 11 is 5.93. The second-order valence-corrected chi connectivity index (χ2v) is 4.45. The Bertz CT molecular complexity index is 531. The molecule has 0 unspecified atom stereocenters. The molecule has 1 aliphatic carbocycles. The van der Waals surface area contributed by atoms with Crippen molar-refractivity contribution >= 4 is 17.4 Å². The molecular formula is C11H11ClN4. The lowest BCUT2D eigenvalue weighted by atomic mass is 10.1. The molecule has 1 fully saturated rings. The summed E-state index contributed by atoms with van der Waals surface area (Å²) in [7, 11) is 0. The molecule has 0 amide bonds. The molecule has 0 saturated heterocycles. The molecule has 2 N–H and O–H groups in total. The molecule has 0 spiro atoms. The summed E-state index contributed by atoms with van der Waals surface area (Å²) in [5, 5.41) is 8.88.